The maximum absolute atomic E-state index is 11.6. The molecule has 0 aliphatic rings. The lowest BCUT2D eigenvalue weighted by Gasteiger charge is -2.08. The predicted octanol–water partition coefficient (Wildman–Crippen LogP) is 1.53. The molecule has 0 fully saturated rings. The smallest absolute Gasteiger partial charge is 0.238 e. The van der Waals surface area contributed by atoms with Crippen molar-refractivity contribution in [3.63, 3.8) is 0 Å². The van der Waals surface area contributed by atoms with Crippen LogP contribution in [0.5, 0.6) is 5.75 Å². The normalized spacial score (nSPS) is 9.30. The molecular weight excluding hydrogens is 254 g/mol. The summed E-state index contributed by atoms with van der Waals surface area (Å²) in [6.45, 7) is 1.00. The van der Waals surface area contributed by atoms with Crippen molar-refractivity contribution in [2.75, 3.05) is 25.0 Å². The Bertz CT molecular complexity index is 515. The number of nitriles is 1. The summed E-state index contributed by atoms with van der Waals surface area (Å²) in [5, 5.41) is 14.0. The van der Waals surface area contributed by atoms with Crippen LogP contribution in [0.1, 0.15) is 12.8 Å². The Morgan fingerprint density at radius 2 is 2.30 bits per heavy atom. The van der Waals surface area contributed by atoms with Crippen LogP contribution in [0, 0.1) is 23.7 Å². The third-order valence-corrected chi connectivity index (χ3v) is 2.33. The summed E-state index contributed by atoms with van der Waals surface area (Å²) in [6.07, 6.45) is 6.23. The lowest BCUT2D eigenvalue weighted by Crippen LogP contribution is -2.28. The average molecular weight is 271 g/mol. The summed E-state index contributed by atoms with van der Waals surface area (Å²) in [5.41, 5.74) is 0.662. The molecular formula is C15H17N3O2. The number of terminal acetylenes is 1. The molecule has 104 valence electrons. The highest BCUT2D eigenvalue weighted by Crippen LogP contribution is 2.17. The van der Waals surface area contributed by atoms with Crippen molar-refractivity contribution in [3.05, 3.63) is 24.3 Å². The number of hydrogen-bond donors (Lipinski definition) is 2. The van der Waals surface area contributed by atoms with E-state index in [0.717, 1.165) is 0 Å². The first kappa shape index (κ1) is 15.6. The minimum atomic E-state index is -0.165. The number of nitrogens with one attached hydrogen (secondary N) is 2. The highest BCUT2D eigenvalue weighted by Gasteiger charge is 2.02. The molecule has 0 saturated heterocycles. The zero-order valence-electron chi connectivity index (χ0n) is 11.2. The maximum atomic E-state index is 11.6. The zero-order valence-corrected chi connectivity index (χ0v) is 11.2. The molecule has 1 amide bonds. The van der Waals surface area contributed by atoms with Gasteiger partial charge in [0.1, 0.15) is 5.75 Å². The van der Waals surface area contributed by atoms with E-state index in [-0.39, 0.29) is 12.5 Å². The van der Waals surface area contributed by atoms with Gasteiger partial charge in [-0.05, 0) is 18.6 Å². The molecule has 0 spiro atoms. The van der Waals surface area contributed by atoms with Crippen LogP contribution < -0.4 is 15.4 Å². The molecule has 1 aromatic rings. The number of unbranched alkanes of at least 4 members (excludes halogenated alkanes) is 1. The number of ether oxygens (including phenoxy) is 1. The lowest BCUT2D eigenvalue weighted by molar-refractivity contribution is -0.115. The molecule has 0 heterocycles. The zero-order chi connectivity index (χ0) is 14.6. The molecule has 0 bridgehead atoms. The van der Waals surface area contributed by atoms with Crippen molar-refractivity contribution in [2.45, 2.75) is 12.8 Å². The number of hydrogen-bond acceptors (Lipinski definition) is 4. The van der Waals surface area contributed by atoms with Crippen LogP contribution in [0.3, 0.4) is 0 Å². The number of anilines is 1. The van der Waals surface area contributed by atoms with Gasteiger partial charge < -0.3 is 10.1 Å². The fourth-order valence-corrected chi connectivity index (χ4v) is 1.46. The van der Waals surface area contributed by atoms with Gasteiger partial charge in [-0.1, -0.05) is 12.0 Å². The van der Waals surface area contributed by atoms with E-state index in [1.807, 2.05) is 0 Å². The van der Waals surface area contributed by atoms with E-state index < -0.39 is 0 Å². The summed E-state index contributed by atoms with van der Waals surface area (Å²) in [4.78, 5) is 11.6. The highest BCUT2D eigenvalue weighted by atomic mass is 16.5. The second-order valence-corrected chi connectivity index (χ2v) is 3.99. The maximum Gasteiger partial charge on any atom is 0.238 e. The standard InChI is InChI=1S/C15H17N3O2/c1-2-9-17-12-15(19)18-13-6-5-7-14(11-13)20-10-4-3-8-16/h1,5-7,11,17H,3-4,9-10,12H2,(H,18,19). The molecule has 0 atom stereocenters. The molecule has 0 saturated carbocycles. The molecule has 0 radical (unpaired) electrons. The Kier molecular flexibility index (Phi) is 7.34. The van der Waals surface area contributed by atoms with Crippen molar-refractivity contribution >= 4 is 11.6 Å². The molecule has 2 N–H and O–H groups in total. The Balaban J connectivity index is 2.41. The first-order valence-corrected chi connectivity index (χ1v) is 6.30. The Morgan fingerprint density at radius 1 is 1.45 bits per heavy atom. The van der Waals surface area contributed by atoms with Crippen molar-refractivity contribution in [2.24, 2.45) is 0 Å². The van der Waals surface area contributed by atoms with Gasteiger partial charge in [0.2, 0.25) is 5.91 Å². The number of rotatable bonds is 8. The summed E-state index contributed by atoms with van der Waals surface area (Å²) in [6, 6.07) is 9.18. The van der Waals surface area contributed by atoms with Gasteiger partial charge in [0.15, 0.2) is 0 Å². The van der Waals surface area contributed by atoms with E-state index in [4.69, 9.17) is 16.4 Å². The predicted molar refractivity (Wildman–Crippen MR) is 77.1 cm³/mol. The van der Waals surface area contributed by atoms with Gasteiger partial charge in [0, 0.05) is 18.2 Å². The molecule has 0 aromatic heterocycles. The van der Waals surface area contributed by atoms with Gasteiger partial charge in [-0.2, -0.15) is 5.26 Å². The van der Waals surface area contributed by atoms with Gasteiger partial charge in [-0.15, -0.1) is 6.42 Å². The number of carbonyl (C=O) groups is 1. The van der Waals surface area contributed by atoms with Crippen LogP contribution in [0.25, 0.3) is 0 Å². The van der Waals surface area contributed by atoms with E-state index in [2.05, 4.69) is 22.6 Å². The van der Waals surface area contributed by atoms with Gasteiger partial charge >= 0.3 is 0 Å². The van der Waals surface area contributed by atoms with Crippen LogP contribution in [0.15, 0.2) is 24.3 Å². The first-order chi connectivity index (χ1) is 9.76. The summed E-state index contributed by atoms with van der Waals surface area (Å²) in [7, 11) is 0. The second kappa shape index (κ2) is 9.43. The van der Waals surface area contributed by atoms with Gasteiger partial charge in [-0.3, -0.25) is 10.1 Å². The molecule has 0 unspecified atom stereocenters. The van der Waals surface area contributed by atoms with Gasteiger partial charge in [0.25, 0.3) is 0 Å². The van der Waals surface area contributed by atoms with Crippen molar-refractivity contribution in [1.29, 1.82) is 5.26 Å². The third kappa shape index (κ3) is 6.44. The SMILES string of the molecule is C#CCNCC(=O)Nc1cccc(OCCCC#N)c1. The Morgan fingerprint density at radius 3 is 3.05 bits per heavy atom. The Hall–Kier alpha value is -2.50. The minimum Gasteiger partial charge on any atom is -0.493 e. The fourth-order valence-electron chi connectivity index (χ4n) is 1.46. The van der Waals surface area contributed by atoms with Crippen LogP contribution in [-0.4, -0.2) is 25.6 Å². The summed E-state index contributed by atoms with van der Waals surface area (Å²) >= 11 is 0. The van der Waals surface area contributed by atoms with Crippen LogP contribution >= 0.6 is 0 Å². The number of amides is 1. The average Bonchev–Trinajstić information content (AvgIpc) is 2.44. The Labute approximate surface area is 118 Å². The van der Waals surface area contributed by atoms with Crippen molar-refractivity contribution in [3.8, 4) is 24.2 Å². The quantitative estimate of drug-likeness (QED) is 0.555. The summed E-state index contributed by atoms with van der Waals surface area (Å²) < 4.78 is 5.48. The van der Waals surface area contributed by atoms with Crippen LogP contribution in [-0.2, 0) is 4.79 Å². The van der Waals surface area contributed by atoms with E-state index >= 15 is 0 Å². The topological polar surface area (TPSA) is 74.2 Å². The largest absolute Gasteiger partial charge is 0.493 e. The first-order valence-electron chi connectivity index (χ1n) is 6.30. The minimum absolute atomic E-state index is 0.164. The highest BCUT2D eigenvalue weighted by molar-refractivity contribution is 5.92. The molecule has 1 rings (SSSR count). The van der Waals surface area contributed by atoms with Crippen molar-refractivity contribution in [1.82, 2.24) is 5.32 Å². The third-order valence-electron chi connectivity index (χ3n) is 2.33. The summed E-state index contributed by atoms with van der Waals surface area (Å²) in [5.74, 6) is 2.89. The number of nitrogens with zero attached hydrogens (tertiary/aromatic N) is 1. The molecule has 5 nitrogen and oxygen atoms in total. The lowest BCUT2D eigenvalue weighted by atomic mass is 10.3. The molecule has 0 aliphatic heterocycles. The number of benzene rings is 1. The van der Waals surface area contributed by atoms with Crippen LogP contribution in [0.4, 0.5) is 5.69 Å². The number of carbonyl (C=O) groups excluding carboxylic acids is 1. The van der Waals surface area contributed by atoms with Crippen molar-refractivity contribution < 1.29 is 9.53 Å². The van der Waals surface area contributed by atoms with E-state index in [1.165, 1.54) is 0 Å². The monoisotopic (exact) mass is 271 g/mol. The molecule has 20 heavy (non-hydrogen) atoms. The molecule has 0 aliphatic carbocycles. The van der Waals surface area contributed by atoms with E-state index in [0.29, 0.717) is 37.4 Å². The van der Waals surface area contributed by atoms with Gasteiger partial charge in [-0.25, -0.2) is 0 Å². The second-order valence-electron chi connectivity index (χ2n) is 3.99. The van der Waals surface area contributed by atoms with Crippen LogP contribution in [0.2, 0.25) is 0 Å². The van der Waals surface area contributed by atoms with Gasteiger partial charge in [0.05, 0.1) is 25.8 Å². The van der Waals surface area contributed by atoms with E-state index in [9.17, 15) is 4.79 Å². The molecule has 1 aromatic carbocycles. The molecule has 5 heteroatoms. The fraction of sp³-hybridized carbons (Fsp3) is 0.333. The van der Waals surface area contributed by atoms with E-state index in [1.54, 1.807) is 24.3 Å².